The standard InChI is InChI=1S/C5H7S/c1-3-4-5-6-2/h4-5H2,2H3. The zero-order chi connectivity index (χ0) is 4.83. The molecule has 0 N–H and O–H groups in total. The van der Waals surface area contributed by atoms with Crippen LogP contribution in [0.1, 0.15) is 6.42 Å². The fraction of sp³-hybridized carbons (Fsp3) is 0.600. The lowest BCUT2D eigenvalue weighted by molar-refractivity contribution is 1.30. The summed E-state index contributed by atoms with van der Waals surface area (Å²) in [7, 11) is 0. The molecular weight excluding hydrogens is 92.1 g/mol. The number of hydrogen-bond acceptors (Lipinski definition) is 1. The number of hydrogen-bond donors (Lipinski definition) is 0. The van der Waals surface area contributed by atoms with Crippen molar-refractivity contribution in [1.29, 1.82) is 0 Å². The van der Waals surface area contributed by atoms with E-state index < -0.39 is 0 Å². The van der Waals surface area contributed by atoms with Gasteiger partial charge in [-0.1, -0.05) is 5.92 Å². The monoisotopic (exact) mass is 99.0 g/mol. The number of rotatable bonds is 2. The van der Waals surface area contributed by atoms with Gasteiger partial charge in [0.2, 0.25) is 0 Å². The molecular formula is C5H7S. The van der Waals surface area contributed by atoms with Gasteiger partial charge in [-0.3, -0.25) is 0 Å². The summed E-state index contributed by atoms with van der Waals surface area (Å²) in [5, 5.41) is 0. The third-order valence-corrected chi connectivity index (χ3v) is 1.04. The van der Waals surface area contributed by atoms with E-state index in [9.17, 15) is 0 Å². The van der Waals surface area contributed by atoms with Crippen LogP contribution in [0.25, 0.3) is 0 Å². The molecule has 0 aromatic rings. The van der Waals surface area contributed by atoms with E-state index in [1.54, 1.807) is 11.8 Å². The van der Waals surface area contributed by atoms with E-state index in [4.69, 9.17) is 6.42 Å². The molecule has 0 aliphatic carbocycles. The molecule has 0 unspecified atom stereocenters. The molecule has 0 fully saturated rings. The smallest absolute Gasteiger partial charge is 0.0190 e. The summed E-state index contributed by atoms with van der Waals surface area (Å²) in [5.41, 5.74) is 0. The molecule has 33 valence electrons. The minimum Gasteiger partial charge on any atom is -0.164 e. The molecule has 0 heterocycles. The largest absolute Gasteiger partial charge is 0.164 e. The van der Waals surface area contributed by atoms with Gasteiger partial charge in [0, 0.05) is 12.2 Å². The van der Waals surface area contributed by atoms with Gasteiger partial charge in [-0.05, 0) is 12.7 Å². The summed E-state index contributed by atoms with van der Waals surface area (Å²) in [6.45, 7) is 0. The number of thioether (sulfide) groups is 1. The highest BCUT2D eigenvalue weighted by Crippen LogP contribution is 1.91. The maximum absolute atomic E-state index is 6.44. The predicted octanol–water partition coefficient (Wildman–Crippen LogP) is 1.33. The van der Waals surface area contributed by atoms with Gasteiger partial charge in [0.05, 0.1) is 0 Å². The molecule has 0 rings (SSSR count). The van der Waals surface area contributed by atoms with Gasteiger partial charge in [-0.2, -0.15) is 11.8 Å². The molecule has 1 heteroatoms. The Labute approximate surface area is 43.3 Å². The molecule has 0 aromatic heterocycles. The first-order valence-corrected chi connectivity index (χ1v) is 3.19. The maximum atomic E-state index is 6.44. The lowest BCUT2D eigenvalue weighted by Gasteiger charge is -1.80. The second-order valence-corrected chi connectivity index (χ2v) is 1.91. The molecule has 0 aliphatic heterocycles. The second-order valence-electron chi connectivity index (χ2n) is 0.920. The average molecular weight is 99.2 g/mol. The average Bonchev–Trinajstić information content (AvgIpc) is 1.61. The van der Waals surface area contributed by atoms with Crippen molar-refractivity contribution in [3.63, 3.8) is 0 Å². The van der Waals surface area contributed by atoms with Crippen LogP contribution >= 0.6 is 11.8 Å². The summed E-state index contributed by atoms with van der Waals surface area (Å²) < 4.78 is 0. The Morgan fingerprint density at radius 1 is 1.83 bits per heavy atom. The predicted molar refractivity (Wildman–Crippen MR) is 30.1 cm³/mol. The normalized spacial score (nSPS) is 7.33. The summed E-state index contributed by atoms with van der Waals surface area (Å²) in [6.07, 6.45) is 9.26. The van der Waals surface area contributed by atoms with Crippen molar-refractivity contribution < 1.29 is 0 Å². The van der Waals surface area contributed by atoms with E-state index in [0.29, 0.717) is 0 Å². The fourth-order valence-corrected chi connectivity index (χ4v) is 0.459. The molecule has 0 spiro atoms. The lowest BCUT2D eigenvalue weighted by Crippen LogP contribution is -1.68. The third kappa shape index (κ3) is 3.91. The van der Waals surface area contributed by atoms with Crippen LogP contribution in [0, 0.1) is 12.3 Å². The molecule has 0 atom stereocenters. The highest BCUT2D eigenvalue weighted by Gasteiger charge is 1.71. The van der Waals surface area contributed by atoms with E-state index in [0.717, 1.165) is 12.2 Å². The zero-order valence-electron chi connectivity index (χ0n) is 3.82. The van der Waals surface area contributed by atoms with Crippen LogP contribution in [0.15, 0.2) is 0 Å². The summed E-state index contributed by atoms with van der Waals surface area (Å²) in [6, 6.07) is 0. The van der Waals surface area contributed by atoms with Crippen LogP contribution in [0.4, 0.5) is 0 Å². The van der Waals surface area contributed by atoms with Crippen molar-refractivity contribution in [2.75, 3.05) is 12.0 Å². The van der Waals surface area contributed by atoms with Crippen LogP contribution in [0.5, 0.6) is 0 Å². The minimum atomic E-state index is 0.793. The molecule has 0 bridgehead atoms. The van der Waals surface area contributed by atoms with Crippen molar-refractivity contribution in [3.05, 3.63) is 6.42 Å². The van der Waals surface area contributed by atoms with Crippen LogP contribution in [-0.4, -0.2) is 12.0 Å². The van der Waals surface area contributed by atoms with Crippen LogP contribution in [-0.2, 0) is 0 Å². The summed E-state index contributed by atoms with van der Waals surface area (Å²) in [4.78, 5) is 0. The Morgan fingerprint density at radius 2 is 2.50 bits per heavy atom. The molecule has 1 radical (unpaired) electrons. The third-order valence-electron chi connectivity index (χ3n) is 0.431. The van der Waals surface area contributed by atoms with E-state index in [1.165, 1.54) is 0 Å². The van der Waals surface area contributed by atoms with E-state index in [2.05, 4.69) is 5.92 Å². The second kappa shape index (κ2) is 4.91. The first-order valence-electron chi connectivity index (χ1n) is 1.80. The van der Waals surface area contributed by atoms with E-state index in [-0.39, 0.29) is 0 Å². The van der Waals surface area contributed by atoms with Crippen LogP contribution in [0.3, 0.4) is 0 Å². The molecule has 0 nitrogen and oxygen atoms in total. The quantitative estimate of drug-likeness (QED) is 0.372. The first-order chi connectivity index (χ1) is 2.91. The first kappa shape index (κ1) is 5.91. The van der Waals surface area contributed by atoms with Gasteiger partial charge in [-0.25, -0.2) is 0 Å². The molecule has 0 saturated carbocycles. The lowest BCUT2D eigenvalue weighted by atomic mass is 10.5. The van der Waals surface area contributed by atoms with Crippen molar-refractivity contribution in [1.82, 2.24) is 0 Å². The van der Waals surface area contributed by atoms with Crippen molar-refractivity contribution >= 4 is 11.8 Å². The van der Waals surface area contributed by atoms with E-state index in [1.807, 2.05) is 6.26 Å². The Bertz CT molecular complexity index is 51.4. The van der Waals surface area contributed by atoms with Crippen molar-refractivity contribution in [3.8, 4) is 5.92 Å². The summed E-state index contributed by atoms with van der Waals surface area (Å²) in [5.74, 6) is 3.33. The molecule has 0 amide bonds. The topological polar surface area (TPSA) is 0 Å². The molecule has 6 heavy (non-hydrogen) atoms. The molecule has 0 aliphatic rings. The molecule has 0 aromatic carbocycles. The summed E-state index contributed by atoms with van der Waals surface area (Å²) >= 11 is 1.74. The molecule has 0 saturated heterocycles. The van der Waals surface area contributed by atoms with Crippen LogP contribution in [0.2, 0.25) is 0 Å². The Kier molecular flexibility index (Phi) is 4.84. The Balaban J connectivity index is 2.54. The van der Waals surface area contributed by atoms with Crippen molar-refractivity contribution in [2.24, 2.45) is 0 Å². The van der Waals surface area contributed by atoms with Gasteiger partial charge in [0.1, 0.15) is 0 Å². The Hall–Kier alpha value is -0.0900. The SMILES string of the molecule is [C]#CCCSC. The Morgan fingerprint density at radius 3 is 2.67 bits per heavy atom. The van der Waals surface area contributed by atoms with E-state index >= 15 is 0 Å². The maximum Gasteiger partial charge on any atom is 0.0190 e. The fourth-order valence-electron chi connectivity index (χ4n) is 0.153. The zero-order valence-corrected chi connectivity index (χ0v) is 4.64. The van der Waals surface area contributed by atoms with Crippen molar-refractivity contribution in [2.45, 2.75) is 6.42 Å². The van der Waals surface area contributed by atoms with Gasteiger partial charge < -0.3 is 0 Å². The minimum absolute atomic E-state index is 0.793. The van der Waals surface area contributed by atoms with Gasteiger partial charge >= 0.3 is 0 Å². The van der Waals surface area contributed by atoms with Gasteiger partial charge in [-0.15, -0.1) is 0 Å². The van der Waals surface area contributed by atoms with Crippen LogP contribution < -0.4 is 0 Å². The van der Waals surface area contributed by atoms with Gasteiger partial charge in [0.15, 0.2) is 0 Å². The highest BCUT2D eigenvalue weighted by molar-refractivity contribution is 7.98. The van der Waals surface area contributed by atoms with Gasteiger partial charge in [0.25, 0.3) is 0 Å². The highest BCUT2D eigenvalue weighted by atomic mass is 32.2.